The first-order valence-electron chi connectivity index (χ1n) is 6.08. The van der Waals surface area contributed by atoms with Crippen molar-refractivity contribution >= 4 is 22.0 Å². The van der Waals surface area contributed by atoms with Gasteiger partial charge in [0.25, 0.3) is 10.2 Å². The van der Waals surface area contributed by atoms with E-state index < -0.39 is 10.2 Å². The van der Waals surface area contributed by atoms with E-state index in [0.717, 1.165) is 10.5 Å². The van der Waals surface area contributed by atoms with Crippen molar-refractivity contribution in [2.24, 2.45) is 5.14 Å². The van der Waals surface area contributed by atoms with Crippen molar-refractivity contribution in [1.82, 2.24) is 4.72 Å². The lowest BCUT2D eigenvalue weighted by Crippen LogP contribution is -2.33. The van der Waals surface area contributed by atoms with Crippen LogP contribution in [0.2, 0.25) is 0 Å². The molecule has 0 fully saturated rings. The molecule has 1 aromatic carbocycles. The second kappa shape index (κ2) is 9.14. The van der Waals surface area contributed by atoms with Gasteiger partial charge in [-0.15, -0.1) is 0 Å². The molecule has 0 saturated carbocycles. The highest BCUT2D eigenvalue weighted by Gasteiger charge is 2.12. The Bertz CT molecular complexity index is 487. The van der Waals surface area contributed by atoms with Gasteiger partial charge in [0.15, 0.2) is 0 Å². The number of rotatable bonds is 6. The number of hydrogen-bond acceptors (Lipinski definition) is 3. The van der Waals surface area contributed by atoms with Gasteiger partial charge in [0.1, 0.15) is 0 Å². The van der Waals surface area contributed by atoms with Gasteiger partial charge in [-0.05, 0) is 23.0 Å². The predicted molar refractivity (Wildman–Crippen MR) is 83.4 cm³/mol. The molecule has 0 aliphatic carbocycles. The van der Waals surface area contributed by atoms with Gasteiger partial charge in [-0.3, -0.25) is 0 Å². The van der Waals surface area contributed by atoms with Crippen LogP contribution in [0.1, 0.15) is 32.3 Å². The van der Waals surface area contributed by atoms with Crippen LogP contribution in [0, 0.1) is 0 Å². The number of thioether (sulfide) groups is 1. The average molecular weight is 302 g/mol. The van der Waals surface area contributed by atoms with Crippen LogP contribution in [0.3, 0.4) is 0 Å². The molecule has 1 atom stereocenters. The largest absolute Gasteiger partial charge is 0.274 e. The molecule has 1 aromatic rings. The Balaban J connectivity index is 0.00000154. The maximum Gasteiger partial charge on any atom is 0.274 e. The summed E-state index contributed by atoms with van der Waals surface area (Å²) in [6, 6.07) is 7.82. The van der Waals surface area contributed by atoms with Crippen LogP contribution in [-0.4, -0.2) is 15.0 Å². The minimum atomic E-state index is -3.63. The number of nitrogens with one attached hydrogen (secondary N) is 1. The molecule has 0 aliphatic rings. The summed E-state index contributed by atoms with van der Waals surface area (Å²) in [6.45, 7) is 9.90. The molecular weight excluding hydrogens is 280 g/mol. The maximum atomic E-state index is 10.8. The van der Waals surface area contributed by atoms with Crippen LogP contribution >= 0.6 is 11.8 Å². The van der Waals surface area contributed by atoms with Crippen molar-refractivity contribution in [3.63, 3.8) is 0 Å². The fourth-order valence-electron chi connectivity index (χ4n) is 1.44. The molecule has 108 valence electrons. The Morgan fingerprint density at radius 2 is 2.00 bits per heavy atom. The summed E-state index contributed by atoms with van der Waals surface area (Å²) in [5.41, 5.74) is 1.08. The van der Waals surface area contributed by atoms with Crippen LogP contribution < -0.4 is 9.86 Å². The Morgan fingerprint density at radius 1 is 1.42 bits per heavy atom. The second-order valence-electron chi connectivity index (χ2n) is 3.62. The molecule has 0 radical (unpaired) electrons. The molecule has 3 N–H and O–H groups in total. The number of hydrogen-bond donors (Lipinski definition) is 2. The van der Waals surface area contributed by atoms with E-state index in [9.17, 15) is 8.42 Å². The van der Waals surface area contributed by atoms with Crippen molar-refractivity contribution in [2.75, 3.05) is 6.54 Å². The molecule has 1 unspecified atom stereocenters. The van der Waals surface area contributed by atoms with Crippen LogP contribution in [0.4, 0.5) is 0 Å². The van der Waals surface area contributed by atoms with Crippen molar-refractivity contribution in [3.05, 3.63) is 41.8 Å². The minimum Gasteiger partial charge on any atom is -0.216 e. The molecule has 0 heterocycles. The highest BCUT2D eigenvalue weighted by atomic mass is 32.2. The molecule has 0 saturated heterocycles. The van der Waals surface area contributed by atoms with Crippen molar-refractivity contribution in [2.45, 2.75) is 31.6 Å². The van der Waals surface area contributed by atoms with Crippen LogP contribution in [0.15, 0.2) is 41.1 Å². The van der Waals surface area contributed by atoms with Gasteiger partial charge >= 0.3 is 0 Å². The van der Waals surface area contributed by atoms with Gasteiger partial charge in [0, 0.05) is 11.4 Å². The van der Waals surface area contributed by atoms with Crippen LogP contribution in [0.5, 0.6) is 0 Å². The summed E-state index contributed by atoms with van der Waals surface area (Å²) in [4.78, 5) is 1.08. The highest BCUT2D eigenvalue weighted by molar-refractivity contribution is 8.02. The monoisotopic (exact) mass is 302 g/mol. The van der Waals surface area contributed by atoms with E-state index in [4.69, 9.17) is 5.14 Å². The van der Waals surface area contributed by atoms with Crippen molar-refractivity contribution in [1.29, 1.82) is 0 Å². The fourth-order valence-corrected chi connectivity index (χ4v) is 2.66. The van der Waals surface area contributed by atoms with Gasteiger partial charge in [0.05, 0.1) is 0 Å². The predicted octanol–water partition coefficient (Wildman–Crippen LogP) is 2.85. The highest BCUT2D eigenvalue weighted by Crippen LogP contribution is 2.28. The molecule has 19 heavy (non-hydrogen) atoms. The quantitative estimate of drug-likeness (QED) is 0.794. The van der Waals surface area contributed by atoms with E-state index >= 15 is 0 Å². The van der Waals surface area contributed by atoms with E-state index in [-0.39, 0.29) is 12.5 Å². The van der Waals surface area contributed by atoms with Gasteiger partial charge < -0.3 is 0 Å². The van der Waals surface area contributed by atoms with Gasteiger partial charge in [0.2, 0.25) is 0 Å². The van der Waals surface area contributed by atoms with Crippen molar-refractivity contribution in [3.8, 4) is 0 Å². The normalized spacial score (nSPS) is 12.2. The Hall–Kier alpha value is -0.820. The van der Waals surface area contributed by atoms with E-state index in [1.807, 2.05) is 45.0 Å². The molecular formula is C13H22N2O2S2. The third-order valence-corrected chi connectivity index (χ3v) is 3.61. The zero-order chi connectivity index (χ0) is 14.9. The van der Waals surface area contributed by atoms with Crippen molar-refractivity contribution < 1.29 is 8.42 Å². The summed E-state index contributed by atoms with van der Waals surface area (Å²) in [5, 5.41) is 6.65. The molecule has 0 aliphatic heterocycles. The summed E-state index contributed by atoms with van der Waals surface area (Å²) < 4.78 is 24.0. The zero-order valence-electron chi connectivity index (χ0n) is 11.6. The Kier molecular flexibility index (Phi) is 8.75. The Labute approximate surface area is 120 Å². The lowest BCUT2D eigenvalue weighted by atomic mass is 10.0. The zero-order valence-corrected chi connectivity index (χ0v) is 13.2. The second-order valence-corrected chi connectivity index (χ2v) is 6.00. The van der Waals surface area contributed by atoms with Gasteiger partial charge in [-0.1, -0.05) is 57.3 Å². The molecule has 0 amide bonds. The topological polar surface area (TPSA) is 72.2 Å². The maximum absolute atomic E-state index is 10.8. The third-order valence-electron chi connectivity index (χ3n) is 2.25. The number of nitrogens with two attached hydrogens (primary N) is 1. The Morgan fingerprint density at radius 3 is 2.53 bits per heavy atom. The summed E-state index contributed by atoms with van der Waals surface area (Å²) in [6.07, 6.45) is 0. The van der Waals surface area contributed by atoms with E-state index in [2.05, 4.69) is 11.3 Å². The SMILES string of the molecule is C=CSc1ccccc1C(C)CNS(N)(=O)=O.CC. The lowest BCUT2D eigenvalue weighted by Gasteiger charge is -2.15. The lowest BCUT2D eigenvalue weighted by molar-refractivity contribution is 0.576. The fraction of sp³-hybridized carbons (Fsp3) is 0.385. The molecule has 0 bridgehead atoms. The van der Waals surface area contributed by atoms with E-state index in [1.165, 1.54) is 11.8 Å². The molecule has 1 rings (SSSR count). The first-order chi connectivity index (χ1) is 8.94. The van der Waals surface area contributed by atoms with E-state index in [0.29, 0.717) is 0 Å². The summed E-state index contributed by atoms with van der Waals surface area (Å²) >= 11 is 1.52. The number of benzene rings is 1. The van der Waals surface area contributed by atoms with E-state index in [1.54, 1.807) is 5.41 Å². The summed E-state index contributed by atoms with van der Waals surface area (Å²) in [7, 11) is -3.63. The standard InChI is InChI=1S/C11H16N2O2S2.C2H6/c1-3-16-11-7-5-4-6-10(11)9(2)8-13-17(12,14)15;1-2/h3-7,9,13H,1,8H2,2H3,(H2,12,14,15);1-2H3. The molecule has 6 heteroatoms. The van der Waals surface area contributed by atoms with Crippen LogP contribution in [-0.2, 0) is 10.2 Å². The van der Waals surface area contributed by atoms with Gasteiger partial charge in [-0.25, -0.2) is 9.86 Å². The summed E-state index contributed by atoms with van der Waals surface area (Å²) in [5.74, 6) is 0.0528. The molecule has 4 nitrogen and oxygen atoms in total. The minimum absolute atomic E-state index is 0.0528. The smallest absolute Gasteiger partial charge is 0.216 e. The first-order valence-corrected chi connectivity index (χ1v) is 8.50. The van der Waals surface area contributed by atoms with Gasteiger partial charge in [-0.2, -0.15) is 8.42 Å². The molecule has 0 spiro atoms. The third kappa shape index (κ3) is 7.37. The average Bonchev–Trinajstić information content (AvgIpc) is 2.38. The first kappa shape index (κ1) is 18.2. The van der Waals surface area contributed by atoms with Crippen LogP contribution in [0.25, 0.3) is 0 Å². The molecule has 0 aromatic heterocycles.